The Labute approximate surface area is 131 Å². The Balaban J connectivity index is 2.10. The van der Waals surface area contributed by atoms with Gasteiger partial charge in [-0.05, 0) is 55.7 Å². The molecule has 2 rings (SSSR count). The number of nitrogens with one attached hydrogen (secondary N) is 1. The van der Waals surface area contributed by atoms with Gasteiger partial charge in [-0.2, -0.15) is 0 Å². The molecule has 1 unspecified atom stereocenters. The van der Waals surface area contributed by atoms with Gasteiger partial charge in [-0.3, -0.25) is 4.79 Å². The van der Waals surface area contributed by atoms with E-state index in [-0.39, 0.29) is 5.91 Å². The summed E-state index contributed by atoms with van der Waals surface area (Å²) < 4.78 is 5.81. The van der Waals surface area contributed by atoms with Gasteiger partial charge in [0.1, 0.15) is 5.75 Å². The van der Waals surface area contributed by atoms with Gasteiger partial charge in [-0.25, -0.2) is 0 Å². The van der Waals surface area contributed by atoms with Crippen molar-refractivity contribution in [3.8, 4) is 5.75 Å². The smallest absolute Gasteiger partial charge is 0.265 e. The number of benzene rings is 2. The van der Waals surface area contributed by atoms with Gasteiger partial charge in [-0.1, -0.05) is 25.1 Å². The lowest BCUT2D eigenvalue weighted by Crippen LogP contribution is -2.32. The molecular formula is C18H22N2O2. The number of aryl methyl sites for hydroxylation is 2. The highest BCUT2D eigenvalue weighted by Gasteiger charge is 2.19. The van der Waals surface area contributed by atoms with Gasteiger partial charge >= 0.3 is 0 Å². The highest BCUT2D eigenvalue weighted by molar-refractivity contribution is 5.95. The van der Waals surface area contributed by atoms with E-state index >= 15 is 0 Å². The zero-order chi connectivity index (χ0) is 16.1. The lowest BCUT2D eigenvalue weighted by atomic mass is 10.1. The maximum atomic E-state index is 12.4. The van der Waals surface area contributed by atoms with Gasteiger partial charge < -0.3 is 15.8 Å². The third-order valence-electron chi connectivity index (χ3n) is 3.45. The molecule has 0 aliphatic rings. The van der Waals surface area contributed by atoms with Crippen LogP contribution in [-0.2, 0) is 4.79 Å². The summed E-state index contributed by atoms with van der Waals surface area (Å²) in [6.45, 7) is 5.84. The number of anilines is 2. The van der Waals surface area contributed by atoms with E-state index in [9.17, 15) is 4.79 Å². The molecule has 22 heavy (non-hydrogen) atoms. The SMILES string of the molecule is CCC(Oc1cccc(C)c1)C(=O)Nc1cc(N)ccc1C. The van der Waals surface area contributed by atoms with Crippen molar-refractivity contribution in [2.45, 2.75) is 33.3 Å². The third kappa shape index (κ3) is 4.01. The Bertz CT molecular complexity index is 668. The fourth-order valence-electron chi connectivity index (χ4n) is 2.16. The van der Waals surface area contributed by atoms with Crippen molar-refractivity contribution >= 4 is 17.3 Å². The Morgan fingerprint density at radius 1 is 1.23 bits per heavy atom. The van der Waals surface area contributed by atoms with Crippen LogP contribution in [0.3, 0.4) is 0 Å². The van der Waals surface area contributed by atoms with Gasteiger partial charge in [0.2, 0.25) is 0 Å². The standard InChI is InChI=1S/C18H22N2O2/c1-4-17(22-15-7-5-6-12(2)10-15)18(21)20-16-11-14(19)9-8-13(16)3/h5-11,17H,4,19H2,1-3H3,(H,20,21). The molecular weight excluding hydrogens is 276 g/mol. The number of carbonyl (C=O) groups excluding carboxylic acids is 1. The fourth-order valence-corrected chi connectivity index (χ4v) is 2.16. The topological polar surface area (TPSA) is 64.3 Å². The van der Waals surface area contributed by atoms with Crippen molar-refractivity contribution < 1.29 is 9.53 Å². The largest absolute Gasteiger partial charge is 0.481 e. The lowest BCUT2D eigenvalue weighted by molar-refractivity contribution is -0.122. The first-order chi connectivity index (χ1) is 10.5. The average molecular weight is 298 g/mol. The Kier molecular flexibility index (Phi) is 5.04. The van der Waals surface area contributed by atoms with E-state index in [0.29, 0.717) is 17.9 Å². The van der Waals surface area contributed by atoms with Crippen molar-refractivity contribution in [2.24, 2.45) is 0 Å². The van der Waals surface area contributed by atoms with Crippen LogP contribution in [0.4, 0.5) is 11.4 Å². The van der Waals surface area contributed by atoms with Crippen LogP contribution in [0.5, 0.6) is 5.75 Å². The molecule has 0 aliphatic carbocycles. The van der Waals surface area contributed by atoms with Crippen LogP contribution in [0.1, 0.15) is 24.5 Å². The number of hydrogen-bond acceptors (Lipinski definition) is 3. The van der Waals surface area contributed by atoms with Crippen LogP contribution < -0.4 is 15.8 Å². The zero-order valence-corrected chi connectivity index (χ0v) is 13.2. The van der Waals surface area contributed by atoms with Gasteiger partial charge in [-0.15, -0.1) is 0 Å². The predicted molar refractivity (Wildman–Crippen MR) is 90.1 cm³/mol. The fraction of sp³-hybridized carbons (Fsp3) is 0.278. The molecule has 1 amide bonds. The lowest BCUT2D eigenvalue weighted by Gasteiger charge is -2.18. The van der Waals surface area contributed by atoms with Crippen LogP contribution in [0.2, 0.25) is 0 Å². The van der Waals surface area contributed by atoms with Crippen molar-refractivity contribution in [1.82, 2.24) is 0 Å². The molecule has 3 N–H and O–H groups in total. The normalized spacial score (nSPS) is 11.8. The summed E-state index contributed by atoms with van der Waals surface area (Å²) in [5.74, 6) is 0.531. The van der Waals surface area contributed by atoms with E-state index in [2.05, 4.69) is 5.32 Å². The summed E-state index contributed by atoms with van der Waals surface area (Å²) in [4.78, 5) is 12.4. The van der Waals surface area contributed by atoms with Crippen molar-refractivity contribution in [3.63, 3.8) is 0 Å². The van der Waals surface area contributed by atoms with Gasteiger partial charge in [0, 0.05) is 11.4 Å². The molecule has 0 saturated heterocycles. The average Bonchev–Trinajstić information content (AvgIpc) is 2.48. The van der Waals surface area contributed by atoms with E-state index in [1.54, 1.807) is 6.07 Å². The second kappa shape index (κ2) is 6.98. The monoisotopic (exact) mass is 298 g/mol. The third-order valence-corrected chi connectivity index (χ3v) is 3.45. The Hall–Kier alpha value is -2.49. The van der Waals surface area contributed by atoms with Crippen molar-refractivity contribution in [2.75, 3.05) is 11.1 Å². The quantitative estimate of drug-likeness (QED) is 0.828. The first-order valence-corrected chi connectivity index (χ1v) is 7.40. The molecule has 0 aromatic heterocycles. The Morgan fingerprint density at radius 3 is 2.68 bits per heavy atom. The molecule has 4 nitrogen and oxygen atoms in total. The van der Waals surface area contributed by atoms with E-state index < -0.39 is 6.10 Å². The molecule has 116 valence electrons. The molecule has 1 atom stereocenters. The molecule has 0 fully saturated rings. The minimum atomic E-state index is -0.539. The molecule has 0 heterocycles. The van der Waals surface area contributed by atoms with E-state index in [1.165, 1.54) is 0 Å². The molecule has 0 spiro atoms. The van der Waals surface area contributed by atoms with E-state index in [0.717, 1.165) is 16.8 Å². The molecule has 2 aromatic rings. The first kappa shape index (κ1) is 15.9. The van der Waals surface area contributed by atoms with E-state index in [4.69, 9.17) is 10.5 Å². The predicted octanol–water partition coefficient (Wildman–Crippen LogP) is 3.68. The maximum Gasteiger partial charge on any atom is 0.265 e. The number of carbonyl (C=O) groups is 1. The first-order valence-electron chi connectivity index (χ1n) is 7.40. The second-order valence-corrected chi connectivity index (χ2v) is 5.39. The Morgan fingerprint density at radius 2 is 2.00 bits per heavy atom. The van der Waals surface area contributed by atoms with Gasteiger partial charge in [0.05, 0.1) is 0 Å². The highest BCUT2D eigenvalue weighted by atomic mass is 16.5. The summed E-state index contributed by atoms with van der Waals surface area (Å²) in [6.07, 6.45) is 0.0452. The van der Waals surface area contributed by atoms with Gasteiger partial charge in [0.15, 0.2) is 6.10 Å². The number of nitrogens with two attached hydrogens (primary N) is 1. The summed E-state index contributed by atoms with van der Waals surface area (Å²) in [6, 6.07) is 13.1. The van der Waals surface area contributed by atoms with Crippen LogP contribution in [0.15, 0.2) is 42.5 Å². The molecule has 0 aliphatic heterocycles. The maximum absolute atomic E-state index is 12.4. The van der Waals surface area contributed by atoms with Crippen LogP contribution in [-0.4, -0.2) is 12.0 Å². The molecule has 0 saturated carbocycles. The summed E-state index contributed by atoms with van der Waals surface area (Å²) >= 11 is 0. The molecule has 0 radical (unpaired) electrons. The van der Waals surface area contributed by atoms with E-state index in [1.807, 2.05) is 57.2 Å². The molecule has 0 bridgehead atoms. The molecule has 4 heteroatoms. The van der Waals surface area contributed by atoms with Crippen LogP contribution in [0, 0.1) is 13.8 Å². The minimum absolute atomic E-state index is 0.169. The molecule has 2 aromatic carbocycles. The van der Waals surface area contributed by atoms with Crippen molar-refractivity contribution in [1.29, 1.82) is 0 Å². The minimum Gasteiger partial charge on any atom is -0.481 e. The summed E-state index contributed by atoms with van der Waals surface area (Å²) in [7, 11) is 0. The van der Waals surface area contributed by atoms with Crippen molar-refractivity contribution in [3.05, 3.63) is 53.6 Å². The van der Waals surface area contributed by atoms with Crippen LogP contribution >= 0.6 is 0 Å². The number of amides is 1. The highest BCUT2D eigenvalue weighted by Crippen LogP contribution is 2.20. The number of nitrogen functional groups attached to an aromatic ring is 1. The second-order valence-electron chi connectivity index (χ2n) is 5.39. The number of hydrogen-bond donors (Lipinski definition) is 2. The number of ether oxygens (including phenoxy) is 1. The van der Waals surface area contributed by atoms with Gasteiger partial charge in [0.25, 0.3) is 5.91 Å². The summed E-state index contributed by atoms with van der Waals surface area (Å²) in [5, 5.41) is 2.89. The summed E-state index contributed by atoms with van der Waals surface area (Å²) in [5.41, 5.74) is 9.17. The number of rotatable bonds is 5. The van der Waals surface area contributed by atoms with Crippen LogP contribution in [0.25, 0.3) is 0 Å². The zero-order valence-electron chi connectivity index (χ0n) is 13.2.